The number of benzene rings is 11. The fraction of sp³-hybridized carbons (Fsp3) is 0. The highest BCUT2D eigenvalue weighted by molar-refractivity contribution is 7.19. The van der Waals surface area contributed by atoms with Crippen LogP contribution in [0.5, 0.6) is 0 Å². The molecule has 0 N–H and O–H groups in total. The first-order valence-corrected chi connectivity index (χ1v) is 27.9. The average Bonchev–Trinajstić information content (AvgIpc) is 4.26. The number of para-hydroxylation sites is 5. The van der Waals surface area contributed by atoms with Crippen LogP contribution < -0.4 is 20.7 Å². The molecule has 0 radical (unpaired) electrons. The fourth-order valence-electron chi connectivity index (χ4n) is 12.2. The van der Waals surface area contributed by atoms with Crippen molar-refractivity contribution in [3.05, 3.63) is 279 Å². The summed E-state index contributed by atoms with van der Waals surface area (Å²) in [6.45, 7) is 0. The predicted molar refractivity (Wildman–Crippen MR) is 317 cm³/mol. The van der Waals surface area contributed by atoms with Crippen LogP contribution in [0.3, 0.4) is 0 Å². The van der Waals surface area contributed by atoms with Crippen molar-refractivity contribution in [2.75, 3.05) is 0 Å². The van der Waals surface area contributed by atoms with Gasteiger partial charge in [-0.25, -0.2) is 4.98 Å². The highest BCUT2D eigenvalue weighted by atomic mass is 28.3. The Balaban J connectivity index is 0.968. The van der Waals surface area contributed by atoms with Gasteiger partial charge in [0, 0.05) is 49.1 Å². The van der Waals surface area contributed by atoms with Crippen LogP contribution >= 0.6 is 0 Å². The molecule has 0 bridgehead atoms. The third-order valence-corrected chi connectivity index (χ3v) is 20.3. The van der Waals surface area contributed by atoms with Gasteiger partial charge in [-0.05, 0) is 63.2 Å². The Kier molecular flexibility index (Phi) is 10.1. The molecule has 0 amide bonds. The first-order valence-electron chi connectivity index (χ1n) is 25.9. The third-order valence-electron chi connectivity index (χ3n) is 15.5. The van der Waals surface area contributed by atoms with Crippen LogP contribution in [0.25, 0.3) is 106 Å². The van der Waals surface area contributed by atoms with E-state index < -0.39 is 8.07 Å². The number of nitrogens with zero attached hydrogens (tertiary/aromatic N) is 6. The van der Waals surface area contributed by atoms with Crippen molar-refractivity contribution in [1.29, 1.82) is 0 Å². The number of aromatic nitrogens is 6. The van der Waals surface area contributed by atoms with Crippen LogP contribution in [0.1, 0.15) is 0 Å². The van der Waals surface area contributed by atoms with Gasteiger partial charge in [0.05, 0.1) is 38.8 Å². The second kappa shape index (κ2) is 17.6. The van der Waals surface area contributed by atoms with E-state index in [0.29, 0.717) is 17.6 Å². The Hall–Kier alpha value is -9.95. The number of hydrogen-bond acceptors (Lipinski definition) is 3. The fourth-order valence-corrected chi connectivity index (χ4v) is 16.9. The molecule has 0 saturated heterocycles. The monoisotopic (exact) mass is 986 g/mol. The second-order valence-electron chi connectivity index (χ2n) is 19.5. The van der Waals surface area contributed by atoms with Crippen molar-refractivity contribution in [2.45, 2.75) is 0 Å². The number of rotatable bonds is 9. The van der Waals surface area contributed by atoms with Crippen LogP contribution in [-0.4, -0.2) is 36.7 Å². The van der Waals surface area contributed by atoms with Crippen LogP contribution in [0.15, 0.2) is 279 Å². The van der Waals surface area contributed by atoms with E-state index in [-0.39, 0.29) is 0 Å². The summed E-state index contributed by atoms with van der Waals surface area (Å²) in [4.78, 5) is 16.3. The van der Waals surface area contributed by atoms with Gasteiger partial charge in [0.2, 0.25) is 5.95 Å². The van der Waals surface area contributed by atoms with Crippen molar-refractivity contribution < 1.29 is 0 Å². The molecule has 0 spiro atoms. The molecule has 0 aliphatic heterocycles. The van der Waals surface area contributed by atoms with Gasteiger partial charge in [-0.2, -0.15) is 9.97 Å². The van der Waals surface area contributed by atoms with Crippen molar-refractivity contribution >= 4 is 94.2 Å². The summed E-state index contributed by atoms with van der Waals surface area (Å²) in [6, 6.07) is 101. The lowest BCUT2D eigenvalue weighted by molar-refractivity contribution is 0.950. The Morgan fingerprint density at radius 2 is 0.658 bits per heavy atom. The highest BCUT2D eigenvalue weighted by Crippen LogP contribution is 2.41. The van der Waals surface area contributed by atoms with E-state index in [0.717, 1.165) is 55.3 Å². The summed E-state index contributed by atoms with van der Waals surface area (Å²) in [7, 11) is -2.78. The van der Waals surface area contributed by atoms with Crippen LogP contribution in [0, 0.1) is 0 Å². The average molecular weight is 987 g/mol. The van der Waals surface area contributed by atoms with Gasteiger partial charge in [0.15, 0.2) is 19.7 Å². The van der Waals surface area contributed by atoms with E-state index in [4.69, 9.17) is 15.0 Å². The molecule has 0 unspecified atom stereocenters. The van der Waals surface area contributed by atoms with Gasteiger partial charge in [-0.1, -0.05) is 237 Å². The zero-order valence-electron chi connectivity index (χ0n) is 41.2. The molecule has 76 heavy (non-hydrogen) atoms. The Labute approximate surface area is 439 Å². The molecule has 4 heterocycles. The summed E-state index contributed by atoms with van der Waals surface area (Å²) in [6.07, 6.45) is 0. The molecule has 15 aromatic rings. The molecule has 0 fully saturated rings. The zero-order chi connectivity index (χ0) is 50.2. The summed E-state index contributed by atoms with van der Waals surface area (Å²) in [5, 5.41) is 12.3. The Morgan fingerprint density at radius 1 is 0.263 bits per heavy atom. The highest BCUT2D eigenvalue weighted by Gasteiger charge is 2.41. The molecule has 6 nitrogen and oxygen atoms in total. The van der Waals surface area contributed by atoms with E-state index in [9.17, 15) is 0 Å². The minimum atomic E-state index is -2.78. The van der Waals surface area contributed by atoms with E-state index >= 15 is 0 Å². The number of fused-ring (bicyclic) bond motifs is 9. The van der Waals surface area contributed by atoms with E-state index in [2.05, 4.69) is 275 Å². The molecule has 0 aliphatic carbocycles. The minimum absolute atomic E-state index is 0.542. The molecular weight excluding hydrogens is 941 g/mol. The van der Waals surface area contributed by atoms with E-state index in [1.54, 1.807) is 0 Å². The van der Waals surface area contributed by atoms with Crippen LogP contribution in [-0.2, 0) is 0 Å². The molecule has 15 rings (SSSR count). The lowest BCUT2D eigenvalue weighted by Crippen LogP contribution is -2.74. The van der Waals surface area contributed by atoms with Crippen molar-refractivity contribution in [3.63, 3.8) is 0 Å². The predicted octanol–water partition coefficient (Wildman–Crippen LogP) is 13.9. The topological polar surface area (TPSA) is 53.5 Å². The first kappa shape index (κ1) is 43.6. The molecule has 0 aliphatic rings. The molecule has 4 aromatic heterocycles. The standard InChI is InChI=1S/C69H46N6Si/c1-5-22-47(23-6-1)67-70-68(48-40-43-53(44-41-48)76(50-24-7-2-8-25-50,51-26-9-3-10-27-51)52-28-11-4-12-29-52)72-69(71-67)75-63-38-20-16-33-57(63)59-34-21-39-64(66(59)75)74-62-37-19-15-32-56(62)58-45-42-49(46-65(58)74)73-60-35-17-13-30-54(60)55-31-14-18-36-61(55)73/h1-46H. The SMILES string of the molecule is c1ccc(-c2nc(-c3ccc([Si](c4ccccc4)(c4ccccc4)c4ccccc4)cc3)nc(-n3c4ccccc4c4cccc(-n5c6ccccc6c6ccc(-n7c8ccccc8c8ccccc87)cc65)c43)n2)cc1. The van der Waals surface area contributed by atoms with Crippen molar-refractivity contribution in [2.24, 2.45) is 0 Å². The quantitative estimate of drug-likeness (QED) is 0.107. The maximum atomic E-state index is 5.53. The Bertz CT molecular complexity index is 4530. The molecule has 356 valence electrons. The van der Waals surface area contributed by atoms with Crippen molar-refractivity contribution in [1.82, 2.24) is 28.7 Å². The summed E-state index contributed by atoms with van der Waals surface area (Å²) in [5.41, 5.74) is 10.5. The van der Waals surface area contributed by atoms with Gasteiger partial charge < -0.3 is 9.13 Å². The third kappa shape index (κ3) is 6.69. The summed E-state index contributed by atoms with van der Waals surface area (Å²) in [5.74, 6) is 1.74. The molecule has 0 saturated carbocycles. The summed E-state index contributed by atoms with van der Waals surface area (Å²) < 4.78 is 7.11. The van der Waals surface area contributed by atoms with Crippen LogP contribution in [0.2, 0.25) is 0 Å². The van der Waals surface area contributed by atoms with Gasteiger partial charge >= 0.3 is 0 Å². The zero-order valence-corrected chi connectivity index (χ0v) is 42.2. The van der Waals surface area contributed by atoms with Gasteiger partial charge in [0.1, 0.15) is 0 Å². The lowest BCUT2D eigenvalue weighted by Gasteiger charge is -2.34. The van der Waals surface area contributed by atoms with Gasteiger partial charge in [0.25, 0.3) is 0 Å². The van der Waals surface area contributed by atoms with Crippen LogP contribution in [0.4, 0.5) is 0 Å². The molecule has 11 aromatic carbocycles. The van der Waals surface area contributed by atoms with E-state index in [1.165, 1.54) is 53.3 Å². The van der Waals surface area contributed by atoms with Gasteiger partial charge in [-0.15, -0.1) is 0 Å². The lowest BCUT2D eigenvalue weighted by atomic mass is 10.1. The first-order chi connectivity index (χ1) is 37.7. The number of hydrogen-bond donors (Lipinski definition) is 0. The van der Waals surface area contributed by atoms with Gasteiger partial charge in [-0.3, -0.25) is 4.57 Å². The van der Waals surface area contributed by atoms with Crippen molar-refractivity contribution in [3.8, 4) is 40.1 Å². The minimum Gasteiger partial charge on any atom is -0.309 e. The molecular formula is C69H46N6Si. The summed E-state index contributed by atoms with van der Waals surface area (Å²) >= 11 is 0. The normalized spacial score (nSPS) is 11.9. The second-order valence-corrected chi connectivity index (χ2v) is 23.3. The smallest absolute Gasteiger partial charge is 0.238 e. The van der Waals surface area contributed by atoms with E-state index in [1.807, 2.05) is 18.2 Å². The molecule has 0 atom stereocenters. The molecule has 7 heteroatoms. The maximum absolute atomic E-state index is 5.53. The maximum Gasteiger partial charge on any atom is 0.238 e. The largest absolute Gasteiger partial charge is 0.309 e. The Morgan fingerprint density at radius 3 is 1.18 bits per heavy atom.